The van der Waals surface area contributed by atoms with E-state index in [1.54, 1.807) is 6.92 Å². The normalized spacial score (nSPS) is 12.1. The first kappa shape index (κ1) is 11.7. The van der Waals surface area contributed by atoms with Gasteiger partial charge in [0.25, 0.3) is 0 Å². The Hall–Kier alpha value is -1.35. The van der Waals surface area contributed by atoms with Crippen molar-refractivity contribution in [2.24, 2.45) is 0 Å². The van der Waals surface area contributed by atoms with Crippen LogP contribution in [0.5, 0.6) is 0 Å². The molecule has 0 saturated carbocycles. The molecule has 0 aromatic heterocycles. The number of rotatable bonds is 5. The fraction of sp³-hybridized carbons (Fsp3) is 0.417. The van der Waals surface area contributed by atoms with Crippen LogP contribution >= 0.6 is 0 Å². The lowest BCUT2D eigenvalue weighted by molar-refractivity contribution is -0.142. The summed E-state index contributed by atoms with van der Waals surface area (Å²) in [6.45, 7) is 2.58. The zero-order valence-corrected chi connectivity index (χ0v) is 9.19. The molecule has 0 saturated heterocycles. The molecule has 15 heavy (non-hydrogen) atoms. The summed E-state index contributed by atoms with van der Waals surface area (Å²) in [5, 5.41) is 3.11. The number of esters is 1. The molecule has 1 aromatic carbocycles. The summed E-state index contributed by atoms with van der Waals surface area (Å²) in [7, 11) is 1.40. The third kappa shape index (κ3) is 4.13. The number of ether oxygens (including phenoxy) is 1. The lowest BCUT2D eigenvalue weighted by Crippen LogP contribution is -2.36. The summed E-state index contributed by atoms with van der Waals surface area (Å²) in [4.78, 5) is 11.1. The molecular weight excluding hydrogens is 190 g/mol. The smallest absolute Gasteiger partial charge is 0.322 e. The second kappa shape index (κ2) is 6.19. The Morgan fingerprint density at radius 1 is 1.40 bits per heavy atom. The molecule has 0 bridgehead atoms. The van der Waals surface area contributed by atoms with Crippen LogP contribution in [0.1, 0.15) is 12.5 Å². The molecule has 1 N–H and O–H groups in total. The number of methoxy groups -OCH3 is 1. The van der Waals surface area contributed by atoms with Gasteiger partial charge in [0.15, 0.2) is 0 Å². The minimum Gasteiger partial charge on any atom is -0.468 e. The Kier molecular flexibility index (Phi) is 4.84. The molecule has 1 atom stereocenters. The number of hydrogen-bond acceptors (Lipinski definition) is 3. The van der Waals surface area contributed by atoms with Crippen LogP contribution in [0.3, 0.4) is 0 Å². The van der Waals surface area contributed by atoms with Crippen LogP contribution in [0.25, 0.3) is 0 Å². The molecule has 0 heterocycles. The molecule has 0 unspecified atom stereocenters. The summed E-state index contributed by atoms with van der Waals surface area (Å²) < 4.78 is 4.61. The van der Waals surface area contributed by atoms with Crippen LogP contribution in [0.4, 0.5) is 0 Å². The van der Waals surface area contributed by atoms with E-state index in [0.29, 0.717) is 0 Å². The Bertz CT molecular complexity index is 298. The molecule has 3 heteroatoms. The van der Waals surface area contributed by atoms with Crippen molar-refractivity contribution in [1.29, 1.82) is 0 Å². The minimum atomic E-state index is -0.237. The van der Waals surface area contributed by atoms with Gasteiger partial charge in [0.2, 0.25) is 0 Å². The largest absolute Gasteiger partial charge is 0.468 e. The lowest BCUT2D eigenvalue weighted by Gasteiger charge is -2.10. The van der Waals surface area contributed by atoms with Crippen molar-refractivity contribution in [3.63, 3.8) is 0 Å². The summed E-state index contributed by atoms with van der Waals surface area (Å²) in [5.41, 5.74) is 1.27. The van der Waals surface area contributed by atoms with Gasteiger partial charge < -0.3 is 10.1 Å². The van der Waals surface area contributed by atoms with Crippen molar-refractivity contribution in [2.75, 3.05) is 13.7 Å². The van der Waals surface area contributed by atoms with Gasteiger partial charge in [0.1, 0.15) is 6.04 Å². The van der Waals surface area contributed by atoms with Crippen LogP contribution in [0, 0.1) is 0 Å². The molecule has 0 aliphatic rings. The summed E-state index contributed by atoms with van der Waals surface area (Å²) in [5.74, 6) is -0.219. The van der Waals surface area contributed by atoms with E-state index in [4.69, 9.17) is 0 Å². The second-order valence-electron chi connectivity index (χ2n) is 3.43. The molecule has 0 amide bonds. The first-order valence-corrected chi connectivity index (χ1v) is 5.09. The quantitative estimate of drug-likeness (QED) is 0.741. The van der Waals surface area contributed by atoms with Gasteiger partial charge in [-0.05, 0) is 25.5 Å². The highest BCUT2D eigenvalue weighted by atomic mass is 16.5. The van der Waals surface area contributed by atoms with Gasteiger partial charge in [-0.25, -0.2) is 0 Å². The van der Waals surface area contributed by atoms with Gasteiger partial charge in [0, 0.05) is 0 Å². The zero-order chi connectivity index (χ0) is 11.1. The van der Waals surface area contributed by atoms with Gasteiger partial charge in [-0.2, -0.15) is 0 Å². The lowest BCUT2D eigenvalue weighted by atomic mass is 10.1. The fourth-order valence-electron chi connectivity index (χ4n) is 1.34. The average Bonchev–Trinajstić information content (AvgIpc) is 2.29. The van der Waals surface area contributed by atoms with Crippen molar-refractivity contribution in [3.8, 4) is 0 Å². The van der Waals surface area contributed by atoms with Crippen molar-refractivity contribution in [1.82, 2.24) is 5.32 Å². The summed E-state index contributed by atoms with van der Waals surface area (Å²) in [6, 6.07) is 9.93. The number of carbonyl (C=O) groups is 1. The third-order valence-electron chi connectivity index (χ3n) is 2.26. The number of benzene rings is 1. The molecule has 3 nitrogen and oxygen atoms in total. The Labute approximate surface area is 90.4 Å². The zero-order valence-electron chi connectivity index (χ0n) is 9.19. The molecule has 0 fully saturated rings. The van der Waals surface area contributed by atoms with Gasteiger partial charge in [-0.1, -0.05) is 30.3 Å². The van der Waals surface area contributed by atoms with Crippen LogP contribution in [-0.4, -0.2) is 25.7 Å². The molecule has 0 spiro atoms. The molecule has 1 rings (SSSR count). The van der Waals surface area contributed by atoms with Crippen molar-refractivity contribution in [3.05, 3.63) is 35.9 Å². The van der Waals surface area contributed by atoms with E-state index in [1.165, 1.54) is 12.7 Å². The van der Waals surface area contributed by atoms with Gasteiger partial charge >= 0.3 is 5.97 Å². The van der Waals surface area contributed by atoms with Crippen LogP contribution in [0.15, 0.2) is 30.3 Å². The van der Waals surface area contributed by atoms with E-state index in [2.05, 4.69) is 22.2 Å². The predicted octanol–water partition coefficient (Wildman–Crippen LogP) is 1.38. The Balaban J connectivity index is 2.25. The molecule has 0 aliphatic carbocycles. The molecule has 0 aliphatic heterocycles. The monoisotopic (exact) mass is 207 g/mol. The van der Waals surface area contributed by atoms with Crippen molar-refractivity contribution < 1.29 is 9.53 Å². The second-order valence-corrected chi connectivity index (χ2v) is 3.43. The van der Waals surface area contributed by atoms with E-state index in [-0.39, 0.29) is 12.0 Å². The Morgan fingerprint density at radius 3 is 2.67 bits per heavy atom. The average molecular weight is 207 g/mol. The van der Waals surface area contributed by atoms with Crippen LogP contribution in [-0.2, 0) is 16.0 Å². The SMILES string of the molecule is COC(=O)[C@H](C)NCCc1ccccc1. The first-order chi connectivity index (χ1) is 7.24. The predicted molar refractivity (Wildman–Crippen MR) is 59.6 cm³/mol. The van der Waals surface area contributed by atoms with Gasteiger partial charge in [-0.3, -0.25) is 4.79 Å². The fourth-order valence-corrected chi connectivity index (χ4v) is 1.34. The number of nitrogens with one attached hydrogen (secondary N) is 1. The molecular formula is C12H17NO2. The standard InChI is InChI=1S/C12H17NO2/c1-10(12(14)15-2)13-9-8-11-6-4-3-5-7-11/h3-7,10,13H,8-9H2,1-2H3/t10-/m0/s1. The third-order valence-corrected chi connectivity index (χ3v) is 2.26. The van der Waals surface area contributed by atoms with E-state index in [1.807, 2.05) is 18.2 Å². The van der Waals surface area contributed by atoms with Gasteiger partial charge in [-0.15, -0.1) is 0 Å². The summed E-state index contributed by atoms with van der Waals surface area (Å²) in [6.07, 6.45) is 0.919. The molecule has 82 valence electrons. The van der Waals surface area contributed by atoms with Crippen molar-refractivity contribution >= 4 is 5.97 Å². The number of hydrogen-bond donors (Lipinski definition) is 1. The van der Waals surface area contributed by atoms with E-state index < -0.39 is 0 Å². The Morgan fingerprint density at radius 2 is 2.07 bits per heavy atom. The maximum Gasteiger partial charge on any atom is 0.322 e. The maximum absolute atomic E-state index is 11.1. The maximum atomic E-state index is 11.1. The topological polar surface area (TPSA) is 38.3 Å². The minimum absolute atomic E-state index is 0.219. The van der Waals surface area contributed by atoms with Gasteiger partial charge in [0.05, 0.1) is 7.11 Å². The van der Waals surface area contributed by atoms with E-state index in [0.717, 1.165) is 13.0 Å². The van der Waals surface area contributed by atoms with Crippen LogP contribution < -0.4 is 5.32 Å². The van der Waals surface area contributed by atoms with E-state index >= 15 is 0 Å². The number of carbonyl (C=O) groups excluding carboxylic acids is 1. The van der Waals surface area contributed by atoms with E-state index in [9.17, 15) is 4.79 Å². The molecule has 0 radical (unpaired) electrons. The highest BCUT2D eigenvalue weighted by Gasteiger charge is 2.10. The van der Waals surface area contributed by atoms with Crippen LogP contribution in [0.2, 0.25) is 0 Å². The first-order valence-electron chi connectivity index (χ1n) is 5.09. The van der Waals surface area contributed by atoms with Crippen molar-refractivity contribution in [2.45, 2.75) is 19.4 Å². The highest BCUT2D eigenvalue weighted by molar-refractivity contribution is 5.75. The highest BCUT2D eigenvalue weighted by Crippen LogP contribution is 1.98. The summed E-state index contributed by atoms with van der Waals surface area (Å²) >= 11 is 0. The molecule has 1 aromatic rings.